The average Bonchev–Trinajstić information content (AvgIpc) is 3.46. The van der Waals surface area contributed by atoms with Crippen molar-refractivity contribution in [3.05, 3.63) is 83.4 Å². The number of benzene rings is 1. The van der Waals surface area contributed by atoms with Crippen molar-refractivity contribution >= 4 is 43.6 Å². The highest BCUT2D eigenvalue weighted by atomic mass is 79.9. The molecule has 6 heteroatoms. The third-order valence-corrected chi connectivity index (χ3v) is 6.15. The summed E-state index contributed by atoms with van der Waals surface area (Å²) in [4.78, 5) is 15.0. The number of nitrogens with one attached hydrogen (secondary N) is 2. The van der Waals surface area contributed by atoms with E-state index in [4.69, 9.17) is 0 Å². The quantitative estimate of drug-likeness (QED) is 0.246. The second kappa shape index (κ2) is 9.01. The SMILES string of the molecule is Brc1cnc2[nH]ccc2c1.Oc1cccc(-c2cnc3[nH]cc(C4=CCCCC4)c3c2)c1. The van der Waals surface area contributed by atoms with E-state index in [0.717, 1.165) is 44.1 Å². The van der Waals surface area contributed by atoms with Crippen molar-refractivity contribution in [1.82, 2.24) is 19.9 Å². The van der Waals surface area contributed by atoms with Gasteiger partial charge in [-0.3, -0.25) is 0 Å². The average molecular weight is 487 g/mol. The number of H-pyrrole nitrogens is 2. The molecular weight excluding hydrogens is 464 g/mol. The Bertz CT molecular complexity index is 1420. The first-order valence-corrected chi connectivity index (χ1v) is 11.5. The lowest BCUT2D eigenvalue weighted by Crippen LogP contribution is -1.91. The molecular formula is C26H23BrN4O. The van der Waals surface area contributed by atoms with Crippen LogP contribution in [-0.4, -0.2) is 25.0 Å². The van der Waals surface area contributed by atoms with E-state index in [1.807, 2.05) is 36.7 Å². The number of aromatic nitrogens is 4. The van der Waals surface area contributed by atoms with Crippen molar-refractivity contribution in [2.75, 3.05) is 0 Å². The van der Waals surface area contributed by atoms with E-state index in [1.165, 1.54) is 30.4 Å². The van der Waals surface area contributed by atoms with Crippen molar-refractivity contribution < 1.29 is 5.11 Å². The summed E-state index contributed by atoms with van der Waals surface area (Å²) in [6.07, 6.45) is 14.8. The molecule has 6 rings (SSSR count). The number of halogens is 1. The van der Waals surface area contributed by atoms with Gasteiger partial charge in [0, 0.05) is 51.2 Å². The van der Waals surface area contributed by atoms with E-state index in [0.29, 0.717) is 0 Å². The Morgan fingerprint density at radius 1 is 0.906 bits per heavy atom. The van der Waals surface area contributed by atoms with Gasteiger partial charge in [0.1, 0.15) is 17.0 Å². The number of pyridine rings is 2. The maximum absolute atomic E-state index is 9.67. The summed E-state index contributed by atoms with van der Waals surface area (Å²) in [5.41, 5.74) is 6.56. The largest absolute Gasteiger partial charge is 0.508 e. The third kappa shape index (κ3) is 4.32. The molecule has 0 spiro atoms. The first-order chi connectivity index (χ1) is 15.7. The number of rotatable bonds is 2. The van der Waals surface area contributed by atoms with Crippen LogP contribution in [0.1, 0.15) is 31.2 Å². The zero-order valence-electron chi connectivity index (χ0n) is 17.5. The zero-order chi connectivity index (χ0) is 21.9. The number of aromatic amines is 2. The zero-order valence-corrected chi connectivity index (χ0v) is 19.1. The minimum Gasteiger partial charge on any atom is -0.508 e. The summed E-state index contributed by atoms with van der Waals surface area (Å²) in [5.74, 6) is 0.280. The van der Waals surface area contributed by atoms with Gasteiger partial charge in [-0.1, -0.05) is 18.2 Å². The van der Waals surface area contributed by atoms with Crippen molar-refractivity contribution in [3.8, 4) is 16.9 Å². The van der Waals surface area contributed by atoms with Crippen LogP contribution < -0.4 is 0 Å². The van der Waals surface area contributed by atoms with E-state index in [1.54, 1.807) is 18.3 Å². The molecule has 160 valence electrons. The topological polar surface area (TPSA) is 77.6 Å². The number of allylic oxidation sites excluding steroid dienone is 2. The minimum atomic E-state index is 0.280. The summed E-state index contributed by atoms with van der Waals surface area (Å²) >= 11 is 3.34. The molecule has 0 aliphatic heterocycles. The number of hydrogen-bond acceptors (Lipinski definition) is 3. The number of fused-ring (bicyclic) bond motifs is 2. The fraction of sp³-hybridized carbons (Fsp3) is 0.154. The maximum atomic E-state index is 9.67. The second-order valence-electron chi connectivity index (χ2n) is 7.92. The van der Waals surface area contributed by atoms with E-state index >= 15 is 0 Å². The van der Waals surface area contributed by atoms with Crippen LogP contribution in [0.25, 0.3) is 38.8 Å². The maximum Gasteiger partial charge on any atom is 0.137 e. The summed E-state index contributed by atoms with van der Waals surface area (Å²) in [6, 6.07) is 13.5. The Kier molecular flexibility index (Phi) is 5.77. The van der Waals surface area contributed by atoms with Gasteiger partial charge in [0.05, 0.1) is 0 Å². The summed E-state index contributed by atoms with van der Waals surface area (Å²) < 4.78 is 1.01. The molecule has 0 amide bonds. The summed E-state index contributed by atoms with van der Waals surface area (Å²) in [6.45, 7) is 0. The molecule has 5 aromatic rings. The highest BCUT2D eigenvalue weighted by Gasteiger charge is 2.13. The Labute approximate surface area is 194 Å². The van der Waals surface area contributed by atoms with Gasteiger partial charge in [-0.2, -0.15) is 0 Å². The lowest BCUT2D eigenvalue weighted by atomic mass is 9.93. The van der Waals surface area contributed by atoms with Crippen LogP contribution in [0.15, 0.2) is 77.8 Å². The molecule has 0 fully saturated rings. The van der Waals surface area contributed by atoms with Gasteiger partial charge in [-0.05, 0) is 83.1 Å². The highest BCUT2D eigenvalue weighted by molar-refractivity contribution is 9.10. The van der Waals surface area contributed by atoms with Gasteiger partial charge >= 0.3 is 0 Å². The second-order valence-corrected chi connectivity index (χ2v) is 8.83. The normalized spacial score (nSPS) is 13.6. The standard InChI is InChI=1S/C19H18N2O.C7H5BrN2/c22-16-8-4-7-14(9-16)15-10-17-18(12-21-19(17)20-11-15)13-5-2-1-3-6-13;8-6-3-5-1-2-9-7(5)10-4-6/h4-5,7-12,22H,1-3,6H2,(H,20,21);1-4H,(H,9,10). The van der Waals surface area contributed by atoms with Crippen LogP contribution in [0.4, 0.5) is 0 Å². The molecule has 1 aromatic carbocycles. The minimum absolute atomic E-state index is 0.280. The molecule has 4 heterocycles. The third-order valence-electron chi connectivity index (χ3n) is 5.71. The number of phenols is 1. The van der Waals surface area contributed by atoms with Gasteiger partial charge in [0.25, 0.3) is 0 Å². The van der Waals surface area contributed by atoms with E-state index in [-0.39, 0.29) is 5.75 Å². The van der Waals surface area contributed by atoms with E-state index in [2.05, 4.69) is 54.2 Å². The molecule has 1 aliphatic rings. The van der Waals surface area contributed by atoms with Crippen LogP contribution in [0.3, 0.4) is 0 Å². The number of phenolic OH excluding ortho intramolecular Hbond substituents is 1. The summed E-state index contributed by atoms with van der Waals surface area (Å²) in [5, 5.41) is 12.0. The smallest absolute Gasteiger partial charge is 0.137 e. The molecule has 0 unspecified atom stereocenters. The molecule has 0 radical (unpaired) electrons. The molecule has 0 bridgehead atoms. The van der Waals surface area contributed by atoms with Crippen molar-refractivity contribution in [2.24, 2.45) is 0 Å². The lowest BCUT2D eigenvalue weighted by molar-refractivity contribution is 0.475. The van der Waals surface area contributed by atoms with Crippen LogP contribution in [0.2, 0.25) is 0 Å². The van der Waals surface area contributed by atoms with Crippen molar-refractivity contribution in [3.63, 3.8) is 0 Å². The first-order valence-electron chi connectivity index (χ1n) is 10.7. The van der Waals surface area contributed by atoms with Gasteiger partial charge in [-0.25, -0.2) is 9.97 Å². The monoisotopic (exact) mass is 486 g/mol. The highest BCUT2D eigenvalue weighted by Crippen LogP contribution is 2.33. The van der Waals surface area contributed by atoms with Crippen LogP contribution in [0.5, 0.6) is 5.75 Å². The molecule has 0 atom stereocenters. The Balaban J connectivity index is 0.000000180. The Morgan fingerprint density at radius 2 is 1.81 bits per heavy atom. The van der Waals surface area contributed by atoms with Gasteiger partial charge in [0.2, 0.25) is 0 Å². The Hall–Kier alpha value is -3.38. The first kappa shape index (κ1) is 20.5. The van der Waals surface area contributed by atoms with E-state index < -0.39 is 0 Å². The molecule has 1 aliphatic carbocycles. The molecule has 0 saturated carbocycles. The predicted octanol–water partition coefficient (Wildman–Crippen LogP) is 7.22. The van der Waals surface area contributed by atoms with Gasteiger partial charge in [0.15, 0.2) is 0 Å². The van der Waals surface area contributed by atoms with Crippen molar-refractivity contribution in [2.45, 2.75) is 25.7 Å². The van der Waals surface area contributed by atoms with Crippen LogP contribution in [-0.2, 0) is 0 Å². The Morgan fingerprint density at radius 3 is 2.66 bits per heavy atom. The molecule has 0 saturated heterocycles. The van der Waals surface area contributed by atoms with Gasteiger partial charge in [-0.15, -0.1) is 0 Å². The number of aromatic hydroxyl groups is 1. The van der Waals surface area contributed by atoms with E-state index in [9.17, 15) is 5.11 Å². The summed E-state index contributed by atoms with van der Waals surface area (Å²) in [7, 11) is 0. The lowest BCUT2D eigenvalue weighted by Gasteiger charge is -2.12. The fourth-order valence-corrected chi connectivity index (χ4v) is 4.46. The molecule has 4 aromatic heterocycles. The van der Waals surface area contributed by atoms with Crippen LogP contribution in [0, 0.1) is 0 Å². The number of nitrogens with zero attached hydrogens (tertiary/aromatic N) is 2. The molecule has 3 N–H and O–H groups in total. The molecule has 5 nitrogen and oxygen atoms in total. The fourth-order valence-electron chi connectivity index (χ4n) is 4.11. The van der Waals surface area contributed by atoms with Crippen molar-refractivity contribution in [1.29, 1.82) is 0 Å². The predicted molar refractivity (Wildman–Crippen MR) is 133 cm³/mol. The van der Waals surface area contributed by atoms with Crippen LogP contribution >= 0.6 is 15.9 Å². The molecule has 32 heavy (non-hydrogen) atoms. The van der Waals surface area contributed by atoms with Gasteiger partial charge < -0.3 is 15.1 Å². The number of hydrogen-bond donors (Lipinski definition) is 3.